The number of nitrogens with zero attached hydrogens (tertiary/aromatic N) is 3. The minimum absolute atomic E-state index is 0.640. The zero-order chi connectivity index (χ0) is 19.8. The number of thioether (sulfide) groups is 1. The highest BCUT2D eigenvalue weighted by molar-refractivity contribution is 7.99. The molecule has 148 valence electrons. The van der Waals surface area contributed by atoms with E-state index >= 15 is 0 Å². The van der Waals surface area contributed by atoms with Crippen LogP contribution in [0.4, 0.5) is 0 Å². The Morgan fingerprint density at radius 3 is 2.25 bits per heavy atom. The second-order valence-electron chi connectivity index (χ2n) is 5.84. The largest absolute Gasteiger partial charge is 0.497 e. The highest BCUT2D eigenvalue weighted by Crippen LogP contribution is 2.29. The average molecular weight is 400 g/mol. The van der Waals surface area contributed by atoms with Gasteiger partial charge in [0.05, 0.1) is 20.3 Å². The molecule has 0 spiro atoms. The third-order valence-corrected chi connectivity index (χ3v) is 4.94. The van der Waals surface area contributed by atoms with Crippen molar-refractivity contribution in [3.63, 3.8) is 0 Å². The molecule has 0 atom stereocenters. The Hall–Kier alpha value is -2.51. The smallest absolute Gasteiger partial charge is 0.196 e. The van der Waals surface area contributed by atoms with E-state index in [9.17, 15) is 0 Å². The molecule has 1 aromatic heterocycles. The summed E-state index contributed by atoms with van der Waals surface area (Å²) in [5.41, 5.74) is 1.96. The van der Waals surface area contributed by atoms with Crippen LogP contribution >= 0.6 is 11.8 Å². The van der Waals surface area contributed by atoms with Crippen molar-refractivity contribution in [1.82, 2.24) is 14.8 Å². The Morgan fingerprint density at radius 1 is 0.893 bits per heavy atom. The van der Waals surface area contributed by atoms with Crippen molar-refractivity contribution >= 4 is 11.8 Å². The van der Waals surface area contributed by atoms with Gasteiger partial charge in [-0.2, -0.15) is 0 Å². The number of aromatic nitrogens is 3. The quantitative estimate of drug-likeness (QED) is 0.370. The van der Waals surface area contributed by atoms with Gasteiger partial charge in [0.2, 0.25) is 0 Å². The maximum absolute atomic E-state index is 5.56. The lowest BCUT2D eigenvalue weighted by atomic mass is 10.2. The van der Waals surface area contributed by atoms with Gasteiger partial charge in [0, 0.05) is 23.6 Å². The molecule has 0 amide bonds. The van der Waals surface area contributed by atoms with Gasteiger partial charge in [-0.25, -0.2) is 0 Å². The van der Waals surface area contributed by atoms with Crippen LogP contribution in [0.5, 0.6) is 11.5 Å². The zero-order valence-electron chi connectivity index (χ0n) is 16.4. The van der Waals surface area contributed by atoms with Crippen LogP contribution in [0.3, 0.4) is 0 Å². The molecule has 0 aliphatic rings. The van der Waals surface area contributed by atoms with Gasteiger partial charge in [-0.05, 0) is 62.4 Å². The fourth-order valence-corrected chi connectivity index (χ4v) is 3.52. The highest BCUT2D eigenvalue weighted by atomic mass is 32.2. The van der Waals surface area contributed by atoms with E-state index in [0.717, 1.165) is 39.5 Å². The summed E-state index contributed by atoms with van der Waals surface area (Å²) < 4.78 is 18.3. The van der Waals surface area contributed by atoms with Crippen molar-refractivity contribution in [3.05, 3.63) is 48.5 Å². The molecular weight excluding hydrogens is 374 g/mol. The molecular formula is C21H25N3O3S. The molecule has 3 aromatic rings. The highest BCUT2D eigenvalue weighted by Gasteiger charge is 2.16. The standard InChI is InChI=1S/C21H25N3O3S/c1-4-26-14-15-28-21-23-22-20(16-6-10-18(25-3)11-7-16)24(21)17-8-12-19(13-9-17)27-5-2/h6-13H,4-5,14-15H2,1-3H3. The number of hydrogen-bond acceptors (Lipinski definition) is 6. The number of methoxy groups -OCH3 is 1. The summed E-state index contributed by atoms with van der Waals surface area (Å²) in [5, 5.41) is 9.71. The van der Waals surface area contributed by atoms with E-state index in [1.54, 1.807) is 18.9 Å². The van der Waals surface area contributed by atoms with Gasteiger partial charge < -0.3 is 14.2 Å². The van der Waals surface area contributed by atoms with E-state index in [1.165, 1.54) is 0 Å². The molecule has 1 heterocycles. The zero-order valence-corrected chi connectivity index (χ0v) is 17.2. The Labute approximate surface area is 169 Å². The van der Waals surface area contributed by atoms with Gasteiger partial charge in [0.1, 0.15) is 11.5 Å². The Kier molecular flexibility index (Phi) is 7.33. The first-order valence-electron chi connectivity index (χ1n) is 9.30. The van der Waals surface area contributed by atoms with Crippen LogP contribution in [0.25, 0.3) is 17.1 Å². The molecule has 2 aromatic carbocycles. The fraction of sp³-hybridized carbons (Fsp3) is 0.333. The van der Waals surface area contributed by atoms with Crippen LogP contribution in [-0.2, 0) is 4.74 Å². The molecule has 0 N–H and O–H groups in total. The Morgan fingerprint density at radius 2 is 1.61 bits per heavy atom. The van der Waals surface area contributed by atoms with Crippen LogP contribution < -0.4 is 9.47 Å². The first-order valence-corrected chi connectivity index (χ1v) is 10.3. The average Bonchev–Trinajstić information content (AvgIpc) is 3.16. The van der Waals surface area contributed by atoms with Crippen molar-refractivity contribution in [1.29, 1.82) is 0 Å². The van der Waals surface area contributed by atoms with Crippen LogP contribution in [0.15, 0.2) is 53.7 Å². The van der Waals surface area contributed by atoms with Crippen LogP contribution in [0.1, 0.15) is 13.8 Å². The van der Waals surface area contributed by atoms with Gasteiger partial charge in [-0.3, -0.25) is 4.57 Å². The predicted octanol–water partition coefficient (Wildman–Crippen LogP) is 4.47. The van der Waals surface area contributed by atoms with Gasteiger partial charge >= 0.3 is 0 Å². The van der Waals surface area contributed by atoms with E-state index < -0.39 is 0 Å². The molecule has 0 aliphatic carbocycles. The number of ether oxygens (including phenoxy) is 3. The van der Waals surface area contributed by atoms with E-state index in [-0.39, 0.29) is 0 Å². The van der Waals surface area contributed by atoms with Crippen LogP contribution in [-0.4, -0.2) is 47.4 Å². The molecule has 6 nitrogen and oxygen atoms in total. The summed E-state index contributed by atoms with van der Waals surface area (Å²) in [6, 6.07) is 15.8. The van der Waals surface area contributed by atoms with Crippen LogP contribution in [0.2, 0.25) is 0 Å². The molecule has 3 rings (SSSR count). The topological polar surface area (TPSA) is 58.4 Å². The number of hydrogen-bond donors (Lipinski definition) is 0. The molecule has 0 aliphatic heterocycles. The second-order valence-corrected chi connectivity index (χ2v) is 6.90. The van der Waals surface area contributed by atoms with Crippen molar-refractivity contribution < 1.29 is 14.2 Å². The second kappa shape index (κ2) is 10.1. The van der Waals surface area contributed by atoms with E-state index in [4.69, 9.17) is 14.2 Å². The molecule has 0 fully saturated rings. The summed E-state index contributed by atoms with van der Waals surface area (Å²) in [6.45, 7) is 6.00. The Balaban J connectivity index is 1.95. The summed E-state index contributed by atoms with van der Waals surface area (Å²) in [7, 11) is 1.66. The first kappa shape index (κ1) is 20.2. The molecule has 28 heavy (non-hydrogen) atoms. The van der Waals surface area contributed by atoms with Crippen molar-refractivity contribution in [2.24, 2.45) is 0 Å². The van der Waals surface area contributed by atoms with Crippen molar-refractivity contribution in [2.45, 2.75) is 19.0 Å². The van der Waals surface area contributed by atoms with Gasteiger partial charge in [-0.1, -0.05) is 11.8 Å². The number of benzene rings is 2. The molecule has 0 saturated carbocycles. The minimum atomic E-state index is 0.640. The van der Waals surface area contributed by atoms with Gasteiger partial charge in [0.25, 0.3) is 0 Å². The lowest BCUT2D eigenvalue weighted by Crippen LogP contribution is -2.02. The van der Waals surface area contributed by atoms with Crippen molar-refractivity contribution in [2.75, 3.05) is 32.7 Å². The summed E-state index contributed by atoms with van der Waals surface area (Å²) in [4.78, 5) is 0. The molecule has 0 unspecified atom stereocenters. The third kappa shape index (κ3) is 4.85. The van der Waals surface area contributed by atoms with Gasteiger partial charge in [-0.15, -0.1) is 10.2 Å². The number of rotatable bonds is 10. The normalized spacial score (nSPS) is 10.8. The molecule has 0 radical (unpaired) electrons. The SMILES string of the molecule is CCOCCSc1nnc(-c2ccc(OC)cc2)n1-c1ccc(OCC)cc1. The van der Waals surface area contributed by atoms with Gasteiger partial charge in [0.15, 0.2) is 11.0 Å². The summed E-state index contributed by atoms with van der Waals surface area (Å²) >= 11 is 1.63. The molecule has 0 saturated heterocycles. The third-order valence-electron chi connectivity index (χ3n) is 4.05. The van der Waals surface area contributed by atoms with Crippen LogP contribution in [0, 0.1) is 0 Å². The maximum Gasteiger partial charge on any atom is 0.196 e. The summed E-state index contributed by atoms with van der Waals surface area (Å²) in [6.07, 6.45) is 0. The lowest BCUT2D eigenvalue weighted by Gasteiger charge is -2.12. The lowest BCUT2D eigenvalue weighted by molar-refractivity contribution is 0.164. The fourth-order valence-electron chi connectivity index (χ4n) is 2.72. The van der Waals surface area contributed by atoms with E-state index in [0.29, 0.717) is 19.8 Å². The monoisotopic (exact) mass is 399 g/mol. The Bertz CT molecular complexity index is 864. The maximum atomic E-state index is 5.56. The minimum Gasteiger partial charge on any atom is -0.497 e. The first-order chi connectivity index (χ1) is 13.8. The summed E-state index contributed by atoms with van der Waals surface area (Å²) in [5.74, 6) is 3.25. The van der Waals surface area contributed by atoms with E-state index in [1.807, 2.05) is 62.4 Å². The predicted molar refractivity (Wildman–Crippen MR) is 112 cm³/mol. The van der Waals surface area contributed by atoms with Crippen molar-refractivity contribution in [3.8, 4) is 28.6 Å². The van der Waals surface area contributed by atoms with E-state index in [2.05, 4.69) is 14.8 Å². The molecule has 0 bridgehead atoms. The molecule has 7 heteroatoms.